The van der Waals surface area contributed by atoms with Crippen molar-refractivity contribution in [1.29, 1.82) is 0 Å². The predicted molar refractivity (Wildman–Crippen MR) is 92.0 cm³/mol. The Bertz CT molecular complexity index is 681. The monoisotopic (exact) mass is 349 g/mol. The Kier molecular flexibility index (Phi) is 5.07. The van der Waals surface area contributed by atoms with Crippen molar-refractivity contribution < 1.29 is 9.59 Å². The van der Waals surface area contributed by atoms with E-state index in [-0.39, 0.29) is 11.8 Å². The Morgan fingerprint density at radius 3 is 2.65 bits per heavy atom. The van der Waals surface area contributed by atoms with Gasteiger partial charge in [-0.3, -0.25) is 9.59 Å². The average Bonchev–Trinajstić information content (AvgIpc) is 3.12. The van der Waals surface area contributed by atoms with Crippen molar-refractivity contribution in [2.45, 2.75) is 19.8 Å². The summed E-state index contributed by atoms with van der Waals surface area (Å²) in [4.78, 5) is 34.6. The second-order valence-corrected chi connectivity index (χ2v) is 7.44. The van der Waals surface area contributed by atoms with E-state index in [0.717, 1.165) is 23.5 Å². The molecule has 2 aromatic rings. The molecule has 0 aromatic carbocycles. The predicted octanol–water partition coefficient (Wildman–Crippen LogP) is 2.43. The fraction of sp³-hybridized carbons (Fsp3) is 0.438. The quantitative estimate of drug-likeness (QED) is 0.855. The van der Waals surface area contributed by atoms with Gasteiger partial charge in [0.1, 0.15) is 4.88 Å². The lowest BCUT2D eigenvalue weighted by atomic mass is 10.3. The van der Waals surface area contributed by atoms with Gasteiger partial charge in [0.2, 0.25) is 5.91 Å². The molecule has 0 aliphatic carbocycles. The van der Waals surface area contributed by atoms with Crippen molar-refractivity contribution in [2.75, 3.05) is 26.2 Å². The van der Waals surface area contributed by atoms with E-state index in [9.17, 15) is 9.59 Å². The fourth-order valence-electron chi connectivity index (χ4n) is 2.69. The fourth-order valence-corrected chi connectivity index (χ4v) is 4.16. The molecule has 1 fully saturated rings. The van der Waals surface area contributed by atoms with Crippen molar-refractivity contribution in [3.63, 3.8) is 0 Å². The maximum Gasteiger partial charge on any atom is 0.265 e. The summed E-state index contributed by atoms with van der Waals surface area (Å²) >= 11 is 2.99. The van der Waals surface area contributed by atoms with Crippen molar-refractivity contribution in [3.8, 4) is 0 Å². The summed E-state index contributed by atoms with van der Waals surface area (Å²) in [5.74, 6) is 0.188. The molecule has 3 rings (SSSR count). The zero-order chi connectivity index (χ0) is 16.2. The molecule has 0 radical (unpaired) electrons. The molecule has 1 aliphatic heterocycles. The number of rotatable bonds is 3. The van der Waals surface area contributed by atoms with E-state index in [0.29, 0.717) is 30.9 Å². The van der Waals surface area contributed by atoms with Gasteiger partial charge in [0.25, 0.3) is 5.91 Å². The van der Waals surface area contributed by atoms with Crippen LogP contribution in [0.1, 0.15) is 26.7 Å². The lowest BCUT2D eigenvalue weighted by Crippen LogP contribution is -2.37. The highest BCUT2D eigenvalue weighted by Crippen LogP contribution is 2.17. The molecule has 23 heavy (non-hydrogen) atoms. The van der Waals surface area contributed by atoms with Crippen LogP contribution in [0.15, 0.2) is 23.0 Å². The first-order chi connectivity index (χ1) is 11.1. The maximum absolute atomic E-state index is 12.6. The van der Waals surface area contributed by atoms with Gasteiger partial charge in [-0.05, 0) is 24.8 Å². The van der Waals surface area contributed by atoms with Crippen LogP contribution in [-0.2, 0) is 11.2 Å². The van der Waals surface area contributed by atoms with E-state index in [1.165, 1.54) is 11.3 Å². The second kappa shape index (κ2) is 7.23. The van der Waals surface area contributed by atoms with Crippen LogP contribution in [0.5, 0.6) is 0 Å². The third-order valence-electron chi connectivity index (χ3n) is 3.98. The van der Waals surface area contributed by atoms with Crippen molar-refractivity contribution in [2.24, 2.45) is 0 Å². The lowest BCUT2D eigenvalue weighted by molar-refractivity contribution is -0.130. The first kappa shape index (κ1) is 16.1. The van der Waals surface area contributed by atoms with Crippen molar-refractivity contribution in [3.05, 3.63) is 38.5 Å². The number of thiophene rings is 1. The van der Waals surface area contributed by atoms with Gasteiger partial charge in [0.05, 0.1) is 17.6 Å². The van der Waals surface area contributed by atoms with Gasteiger partial charge in [0.15, 0.2) is 0 Å². The van der Waals surface area contributed by atoms with E-state index in [4.69, 9.17) is 0 Å². The number of thiazole rings is 1. The van der Waals surface area contributed by atoms with E-state index in [1.54, 1.807) is 16.8 Å². The Morgan fingerprint density at radius 1 is 1.17 bits per heavy atom. The average molecular weight is 349 g/mol. The van der Waals surface area contributed by atoms with Crippen LogP contribution in [0.25, 0.3) is 0 Å². The largest absolute Gasteiger partial charge is 0.341 e. The van der Waals surface area contributed by atoms with Crippen LogP contribution >= 0.6 is 22.7 Å². The van der Waals surface area contributed by atoms with Gasteiger partial charge in [0, 0.05) is 31.1 Å². The molecular formula is C16H19N3O2S2. The van der Waals surface area contributed by atoms with Crippen LogP contribution in [0.4, 0.5) is 0 Å². The molecule has 0 unspecified atom stereocenters. The summed E-state index contributed by atoms with van der Waals surface area (Å²) < 4.78 is 0. The zero-order valence-corrected chi connectivity index (χ0v) is 14.7. The number of nitrogens with zero attached hydrogens (tertiary/aromatic N) is 3. The molecule has 0 bridgehead atoms. The number of aromatic nitrogens is 1. The molecule has 1 aliphatic rings. The summed E-state index contributed by atoms with van der Waals surface area (Å²) in [6.45, 7) is 4.47. The zero-order valence-electron chi connectivity index (χ0n) is 13.0. The lowest BCUT2D eigenvalue weighted by Gasteiger charge is -2.22. The highest BCUT2D eigenvalue weighted by Gasteiger charge is 2.24. The smallest absolute Gasteiger partial charge is 0.265 e. The van der Waals surface area contributed by atoms with Gasteiger partial charge in [-0.2, -0.15) is 0 Å². The first-order valence-corrected chi connectivity index (χ1v) is 9.40. The second-order valence-electron chi connectivity index (χ2n) is 5.55. The number of aryl methyl sites for hydroxylation is 1. The number of hydrogen-bond acceptors (Lipinski definition) is 5. The summed E-state index contributed by atoms with van der Waals surface area (Å²) in [5, 5.41) is 1.99. The van der Waals surface area contributed by atoms with Gasteiger partial charge >= 0.3 is 0 Å². The molecule has 2 amide bonds. The topological polar surface area (TPSA) is 53.5 Å². The molecule has 1 saturated heterocycles. The number of carbonyl (C=O) groups excluding carboxylic acids is 2. The Balaban J connectivity index is 1.60. The van der Waals surface area contributed by atoms with Crippen LogP contribution in [-0.4, -0.2) is 52.8 Å². The third kappa shape index (κ3) is 3.79. The number of amides is 2. The summed E-state index contributed by atoms with van der Waals surface area (Å²) in [5.41, 5.74) is 2.49. The van der Waals surface area contributed by atoms with Crippen LogP contribution in [0.2, 0.25) is 0 Å². The molecule has 2 aromatic heterocycles. The van der Waals surface area contributed by atoms with Crippen molar-refractivity contribution >= 4 is 34.5 Å². The SMILES string of the molecule is Cc1ncsc1C(=O)N1CCCN(C(=O)Cc2cccs2)CC1. The molecule has 122 valence electrons. The van der Waals surface area contributed by atoms with Gasteiger partial charge in [-0.15, -0.1) is 22.7 Å². The molecular weight excluding hydrogens is 330 g/mol. The van der Waals surface area contributed by atoms with Crippen LogP contribution in [0, 0.1) is 6.92 Å². The first-order valence-electron chi connectivity index (χ1n) is 7.64. The van der Waals surface area contributed by atoms with E-state index >= 15 is 0 Å². The molecule has 0 atom stereocenters. The Labute approximate surface area is 143 Å². The molecule has 0 spiro atoms. The standard InChI is InChI=1S/C16H19N3O2S2/c1-12-15(23-11-17-12)16(21)19-6-3-5-18(7-8-19)14(20)10-13-4-2-9-22-13/h2,4,9,11H,3,5-8,10H2,1H3. The molecule has 3 heterocycles. The Hall–Kier alpha value is -1.73. The molecule has 7 heteroatoms. The summed E-state index contributed by atoms with van der Waals surface area (Å²) in [6, 6.07) is 3.95. The van der Waals surface area contributed by atoms with Crippen LogP contribution < -0.4 is 0 Å². The van der Waals surface area contributed by atoms with Crippen molar-refractivity contribution in [1.82, 2.24) is 14.8 Å². The summed E-state index contributed by atoms with van der Waals surface area (Å²) in [6.07, 6.45) is 1.28. The minimum Gasteiger partial charge on any atom is -0.341 e. The Morgan fingerprint density at radius 2 is 1.96 bits per heavy atom. The van der Waals surface area contributed by atoms with Gasteiger partial charge in [-0.25, -0.2) is 4.98 Å². The third-order valence-corrected chi connectivity index (χ3v) is 5.77. The minimum atomic E-state index is 0.0394. The normalized spacial score (nSPS) is 15.5. The van der Waals surface area contributed by atoms with Gasteiger partial charge in [-0.1, -0.05) is 6.07 Å². The molecule has 0 N–H and O–H groups in total. The highest BCUT2D eigenvalue weighted by molar-refractivity contribution is 7.11. The molecule has 5 nitrogen and oxygen atoms in total. The van der Waals surface area contributed by atoms with Crippen LogP contribution in [0.3, 0.4) is 0 Å². The highest BCUT2D eigenvalue weighted by atomic mass is 32.1. The van der Waals surface area contributed by atoms with Gasteiger partial charge < -0.3 is 9.80 Å². The minimum absolute atomic E-state index is 0.0394. The maximum atomic E-state index is 12.6. The van der Waals surface area contributed by atoms with E-state index in [2.05, 4.69) is 4.98 Å². The van der Waals surface area contributed by atoms with E-state index in [1.807, 2.05) is 34.2 Å². The van der Waals surface area contributed by atoms with E-state index < -0.39 is 0 Å². The number of hydrogen-bond donors (Lipinski definition) is 0. The molecule has 0 saturated carbocycles. The number of carbonyl (C=O) groups is 2. The summed E-state index contributed by atoms with van der Waals surface area (Å²) in [7, 11) is 0.